The number of benzene rings is 1. The molecule has 0 bridgehead atoms. The minimum absolute atomic E-state index is 0.243. The van der Waals surface area contributed by atoms with E-state index in [0.717, 1.165) is 6.04 Å². The van der Waals surface area contributed by atoms with Crippen LogP contribution in [0.4, 0.5) is 0 Å². The zero-order valence-electron chi connectivity index (χ0n) is 8.99. The SMILES string of the molecule is CO[Si](Cc1ccccc1)OC(C)C. The Labute approximate surface area is 87.7 Å². The summed E-state index contributed by atoms with van der Waals surface area (Å²) >= 11 is 0. The first kappa shape index (κ1) is 11.4. The molecule has 0 spiro atoms. The van der Waals surface area contributed by atoms with Gasteiger partial charge in [-0.3, -0.25) is 0 Å². The third-order valence-corrected chi connectivity index (χ3v) is 3.67. The fourth-order valence-electron chi connectivity index (χ4n) is 1.19. The molecule has 1 aromatic rings. The van der Waals surface area contributed by atoms with Gasteiger partial charge in [0.15, 0.2) is 0 Å². The highest BCUT2D eigenvalue weighted by molar-refractivity contribution is 6.43. The molecule has 2 nitrogen and oxygen atoms in total. The molecule has 3 heteroatoms. The molecule has 0 unspecified atom stereocenters. The largest absolute Gasteiger partial charge is 0.397 e. The van der Waals surface area contributed by atoms with Crippen molar-refractivity contribution in [1.29, 1.82) is 0 Å². The molecule has 0 fully saturated rings. The predicted molar refractivity (Wildman–Crippen MR) is 59.1 cm³/mol. The van der Waals surface area contributed by atoms with E-state index < -0.39 is 9.28 Å². The molecule has 0 atom stereocenters. The van der Waals surface area contributed by atoms with Crippen LogP contribution in [0.1, 0.15) is 19.4 Å². The first-order valence-corrected chi connectivity index (χ1v) is 6.35. The monoisotopic (exact) mass is 209 g/mol. The van der Waals surface area contributed by atoms with Crippen molar-refractivity contribution in [2.45, 2.75) is 26.0 Å². The maximum atomic E-state index is 5.68. The second kappa shape index (κ2) is 5.96. The number of hydrogen-bond donors (Lipinski definition) is 0. The van der Waals surface area contributed by atoms with E-state index in [-0.39, 0.29) is 6.10 Å². The first-order chi connectivity index (χ1) is 6.72. The molecule has 0 aromatic heterocycles. The molecule has 1 rings (SSSR count). The molecule has 1 radical (unpaired) electrons. The van der Waals surface area contributed by atoms with Crippen LogP contribution in [-0.4, -0.2) is 22.5 Å². The molecular weight excluding hydrogens is 192 g/mol. The Bertz CT molecular complexity index is 249. The van der Waals surface area contributed by atoms with Crippen molar-refractivity contribution >= 4 is 9.28 Å². The molecule has 0 aliphatic carbocycles. The van der Waals surface area contributed by atoms with Crippen LogP contribution in [0.2, 0.25) is 0 Å². The summed E-state index contributed by atoms with van der Waals surface area (Å²) in [5, 5.41) is 0. The quantitative estimate of drug-likeness (QED) is 0.693. The Kier molecular flexibility index (Phi) is 4.86. The first-order valence-electron chi connectivity index (χ1n) is 4.82. The van der Waals surface area contributed by atoms with E-state index in [2.05, 4.69) is 12.1 Å². The standard InChI is InChI=1S/C11H17O2Si/c1-10(2)13-14(12-3)9-11-7-5-4-6-8-11/h4-8,10H,9H2,1-3H3. The highest BCUT2D eigenvalue weighted by atomic mass is 28.3. The lowest BCUT2D eigenvalue weighted by atomic mass is 10.2. The van der Waals surface area contributed by atoms with Gasteiger partial charge in [-0.05, 0) is 19.4 Å². The smallest absolute Gasteiger partial charge is 0.389 e. The normalized spacial score (nSPS) is 11.2. The summed E-state index contributed by atoms with van der Waals surface area (Å²) in [6.45, 7) is 4.07. The molecular formula is C11H17O2Si. The van der Waals surface area contributed by atoms with Crippen molar-refractivity contribution in [2.24, 2.45) is 0 Å². The van der Waals surface area contributed by atoms with Crippen LogP contribution in [-0.2, 0) is 14.9 Å². The highest BCUT2D eigenvalue weighted by Crippen LogP contribution is 2.05. The molecule has 0 saturated heterocycles. The Morgan fingerprint density at radius 2 is 1.86 bits per heavy atom. The molecule has 0 amide bonds. The summed E-state index contributed by atoms with van der Waals surface area (Å²) in [4.78, 5) is 0. The molecule has 0 saturated carbocycles. The minimum Gasteiger partial charge on any atom is -0.397 e. The van der Waals surface area contributed by atoms with Crippen molar-refractivity contribution < 1.29 is 8.85 Å². The Morgan fingerprint density at radius 1 is 1.21 bits per heavy atom. The summed E-state index contributed by atoms with van der Waals surface area (Å²) in [6.07, 6.45) is 0.243. The molecule has 0 N–H and O–H groups in total. The Balaban J connectivity index is 2.48. The van der Waals surface area contributed by atoms with Gasteiger partial charge in [-0.25, -0.2) is 0 Å². The molecule has 77 valence electrons. The molecule has 0 aliphatic rings. The van der Waals surface area contributed by atoms with Crippen LogP contribution in [0.25, 0.3) is 0 Å². The van der Waals surface area contributed by atoms with Gasteiger partial charge in [0.05, 0.1) is 0 Å². The fourth-order valence-corrected chi connectivity index (χ4v) is 2.61. The summed E-state index contributed by atoms with van der Waals surface area (Å²) in [6, 6.07) is 11.2. The van der Waals surface area contributed by atoms with Crippen LogP contribution in [0.15, 0.2) is 30.3 Å². The summed E-state index contributed by atoms with van der Waals surface area (Å²) < 4.78 is 11.0. The average Bonchev–Trinajstić information content (AvgIpc) is 2.17. The lowest BCUT2D eigenvalue weighted by Gasteiger charge is -2.15. The summed E-state index contributed by atoms with van der Waals surface area (Å²) in [5.41, 5.74) is 1.28. The van der Waals surface area contributed by atoms with Gasteiger partial charge < -0.3 is 8.85 Å². The van der Waals surface area contributed by atoms with Crippen molar-refractivity contribution in [1.82, 2.24) is 0 Å². The van der Waals surface area contributed by atoms with Crippen molar-refractivity contribution in [3.8, 4) is 0 Å². The third-order valence-electron chi connectivity index (χ3n) is 1.79. The maximum Gasteiger partial charge on any atom is 0.389 e. The van der Waals surface area contributed by atoms with Gasteiger partial charge in [-0.15, -0.1) is 0 Å². The number of rotatable bonds is 5. The lowest BCUT2D eigenvalue weighted by molar-refractivity contribution is 0.178. The Morgan fingerprint density at radius 3 is 2.36 bits per heavy atom. The van der Waals surface area contributed by atoms with E-state index in [0.29, 0.717) is 0 Å². The van der Waals surface area contributed by atoms with Crippen molar-refractivity contribution in [3.63, 3.8) is 0 Å². The van der Waals surface area contributed by atoms with Gasteiger partial charge in [-0.1, -0.05) is 30.3 Å². The summed E-state index contributed by atoms with van der Waals surface area (Å²) in [7, 11) is 0.586. The minimum atomic E-state index is -1.14. The van der Waals surface area contributed by atoms with E-state index in [1.165, 1.54) is 5.56 Å². The van der Waals surface area contributed by atoms with E-state index in [1.54, 1.807) is 7.11 Å². The van der Waals surface area contributed by atoms with E-state index in [9.17, 15) is 0 Å². The molecule has 14 heavy (non-hydrogen) atoms. The topological polar surface area (TPSA) is 18.5 Å². The maximum absolute atomic E-state index is 5.68. The van der Waals surface area contributed by atoms with Crippen LogP contribution < -0.4 is 0 Å². The van der Waals surface area contributed by atoms with Gasteiger partial charge >= 0.3 is 9.28 Å². The van der Waals surface area contributed by atoms with Gasteiger partial charge in [-0.2, -0.15) is 0 Å². The van der Waals surface area contributed by atoms with E-state index >= 15 is 0 Å². The molecule has 1 aromatic carbocycles. The lowest BCUT2D eigenvalue weighted by Crippen LogP contribution is -2.27. The average molecular weight is 209 g/mol. The zero-order valence-corrected chi connectivity index (χ0v) is 9.99. The van der Waals surface area contributed by atoms with Crippen LogP contribution in [0, 0.1) is 0 Å². The molecule has 0 aliphatic heterocycles. The van der Waals surface area contributed by atoms with Gasteiger partial charge in [0, 0.05) is 19.3 Å². The Hall–Kier alpha value is -0.643. The highest BCUT2D eigenvalue weighted by Gasteiger charge is 2.16. The van der Waals surface area contributed by atoms with Gasteiger partial charge in [0.25, 0.3) is 0 Å². The second-order valence-electron chi connectivity index (χ2n) is 3.41. The van der Waals surface area contributed by atoms with Crippen LogP contribution in [0.3, 0.4) is 0 Å². The predicted octanol–water partition coefficient (Wildman–Crippen LogP) is 2.33. The third kappa shape index (κ3) is 4.04. The molecule has 0 heterocycles. The number of hydrogen-bond acceptors (Lipinski definition) is 2. The van der Waals surface area contributed by atoms with E-state index in [1.807, 2.05) is 32.0 Å². The fraction of sp³-hybridized carbons (Fsp3) is 0.455. The van der Waals surface area contributed by atoms with Crippen molar-refractivity contribution in [3.05, 3.63) is 35.9 Å². The second-order valence-corrected chi connectivity index (χ2v) is 5.15. The van der Waals surface area contributed by atoms with Crippen LogP contribution in [0.5, 0.6) is 0 Å². The van der Waals surface area contributed by atoms with Gasteiger partial charge in [0.1, 0.15) is 0 Å². The zero-order chi connectivity index (χ0) is 10.4. The van der Waals surface area contributed by atoms with Crippen LogP contribution >= 0.6 is 0 Å². The summed E-state index contributed by atoms with van der Waals surface area (Å²) in [5.74, 6) is 0. The van der Waals surface area contributed by atoms with Gasteiger partial charge in [0.2, 0.25) is 0 Å². The van der Waals surface area contributed by atoms with E-state index in [4.69, 9.17) is 8.85 Å². The van der Waals surface area contributed by atoms with Crippen molar-refractivity contribution in [2.75, 3.05) is 7.11 Å².